The van der Waals surface area contributed by atoms with Gasteiger partial charge in [-0.2, -0.15) is 0 Å². The summed E-state index contributed by atoms with van der Waals surface area (Å²) in [6.45, 7) is 3.47. The van der Waals surface area contributed by atoms with Crippen LogP contribution < -0.4 is 10.1 Å². The highest BCUT2D eigenvalue weighted by molar-refractivity contribution is 5.94. The molecule has 0 saturated heterocycles. The van der Waals surface area contributed by atoms with Gasteiger partial charge in [-0.1, -0.05) is 31.2 Å². The molecule has 0 radical (unpaired) electrons. The second-order valence-corrected chi connectivity index (χ2v) is 4.97. The third kappa shape index (κ3) is 4.45. The minimum atomic E-state index is -0.238. The number of rotatable bonds is 6. The van der Waals surface area contributed by atoms with Crippen LogP contribution in [-0.4, -0.2) is 18.3 Å². The van der Waals surface area contributed by atoms with E-state index in [1.165, 1.54) is 12.5 Å². The summed E-state index contributed by atoms with van der Waals surface area (Å²) < 4.78 is 5.41. The molecule has 0 atom stereocenters. The molecule has 22 heavy (non-hydrogen) atoms. The van der Waals surface area contributed by atoms with Crippen LogP contribution in [0.3, 0.4) is 0 Å². The van der Waals surface area contributed by atoms with E-state index in [0.29, 0.717) is 11.3 Å². The lowest BCUT2D eigenvalue weighted by atomic mass is 10.1. The zero-order chi connectivity index (χ0) is 15.9. The number of amides is 1. The molecule has 0 unspecified atom stereocenters. The molecule has 0 aromatic heterocycles. The van der Waals surface area contributed by atoms with Crippen molar-refractivity contribution in [2.75, 3.05) is 11.9 Å². The van der Waals surface area contributed by atoms with E-state index >= 15 is 0 Å². The van der Waals surface area contributed by atoms with Crippen molar-refractivity contribution in [1.29, 1.82) is 0 Å². The fourth-order valence-corrected chi connectivity index (χ4v) is 1.97. The Hall–Kier alpha value is -2.62. The third-order valence-electron chi connectivity index (χ3n) is 3.26. The standard InChI is InChI=1S/C18H19NO3/c1-3-14-7-9-16(10-8-14)19-18(21)12-22-17-6-4-5-15(11-17)13(2)20/h4-11H,3,12H2,1-2H3,(H,19,21). The van der Waals surface area contributed by atoms with Gasteiger partial charge in [-0.15, -0.1) is 0 Å². The zero-order valence-corrected chi connectivity index (χ0v) is 12.8. The molecule has 4 nitrogen and oxygen atoms in total. The van der Waals surface area contributed by atoms with Crippen LogP contribution in [0.1, 0.15) is 29.8 Å². The number of ketones is 1. The molecule has 0 bridgehead atoms. The van der Waals surface area contributed by atoms with Crippen LogP contribution in [0.5, 0.6) is 5.75 Å². The predicted octanol–water partition coefficient (Wildman–Crippen LogP) is 3.47. The van der Waals surface area contributed by atoms with E-state index in [-0.39, 0.29) is 18.3 Å². The molecule has 0 aliphatic carbocycles. The first kappa shape index (κ1) is 15.8. The van der Waals surface area contributed by atoms with Gasteiger partial charge in [-0.25, -0.2) is 0 Å². The van der Waals surface area contributed by atoms with Gasteiger partial charge in [0.25, 0.3) is 5.91 Å². The van der Waals surface area contributed by atoms with E-state index in [4.69, 9.17) is 4.74 Å². The topological polar surface area (TPSA) is 55.4 Å². The Morgan fingerprint density at radius 3 is 2.45 bits per heavy atom. The summed E-state index contributed by atoms with van der Waals surface area (Å²) >= 11 is 0. The molecule has 0 heterocycles. The van der Waals surface area contributed by atoms with Crippen molar-refractivity contribution in [1.82, 2.24) is 0 Å². The lowest BCUT2D eigenvalue weighted by molar-refractivity contribution is -0.118. The Kier molecular flexibility index (Phi) is 5.31. The summed E-state index contributed by atoms with van der Waals surface area (Å²) in [6.07, 6.45) is 0.962. The molecule has 2 aromatic carbocycles. The summed E-state index contributed by atoms with van der Waals surface area (Å²) in [5, 5.41) is 2.77. The van der Waals surface area contributed by atoms with Crippen molar-refractivity contribution < 1.29 is 14.3 Å². The average molecular weight is 297 g/mol. The van der Waals surface area contributed by atoms with Crippen LogP contribution in [0, 0.1) is 0 Å². The maximum atomic E-state index is 11.9. The molecule has 2 aromatic rings. The quantitative estimate of drug-likeness (QED) is 0.831. The largest absolute Gasteiger partial charge is 0.484 e. The van der Waals surface area contributed by atoms with Gasteiger partial charge in [-0.3, -0.25) is 9.59 Å². The number of benzene rings is 2. The van der Waals surface area contributed by atoms with Gasteiger partial charge < -0.3 is 10.1 Å². The van der Waals surface area contributed by atoms with Crippen molar-refractivity contribution in [2.45, 2.75) is 20.3 Å². The van der Waals surface area contributed by atoms with E-state index < -0.39 is 0 Å². The number of Topliss-reactive ketones (excluding diaryl/α,β-unsaturated/α-hetero) is 1. The first-order valence-corrected chi connectivity index (χ1v) is 7.21. The Bertz CT molecular complexity index is 662. The molecule has 4 heteroatoms. The highest BCUT2D eigenvalue weighted by Gasteiger charge is 2.05. The molecule has 0 spiro atoms. The Labute approximate surface area is 130 Å². The first-order valence-electron chi connectivity index (χ1n) is 7.21. The number of anilines is 1. The minimum absolute atomic E-state index is 0.0362. The molecule has 0 aliphatic heterocycles. The van der Waals surface area contributed by atoms with Crippen molar-refractivity contribution in [3.63, 3.8) is 0 Å². The monoisotopic (exact) mass is 297 g/mol. The van der Waals surface area contributed by atoms with Gasteiger partial charge in [0.05, 0.1) is 0 Å². The molecule has 1 amide bonds. The van der Waals surface area contributed by atoms with Crippen molar-refractivity contribution in [2.24, 2.45) is 0 Å². The van der Waals surface area contributed by atoms with Gasteiger partial charge in [0, 0.05) is 11.3 Å². The van der Waals surface area contributed by atoms with Gasteiger partial charge in [0.15, 0.2) is 12.4 Å². The molecular formula is C18H19NO3. The average Bonchev–Trinajstić information content (AvgIpc) is 2.54. The van der Waals surface area contributed by atoms with Crippen LogP contribution >= 0.6 is 0 Å². The van der Waals surface area contributed by atoms with Gasteiger partial charge in [0.2, 0.25) is 0 Å². The summed E-state index contributed by atoms with van der Waals surface area (Å²) in [6, 6.07) is 14.5. The Morgan fingerprint density at radius 1 is 1.09 bits per heavy atom. The van der Waals surface area contributed by atoms with Crippen LogP contribution in [-0.2, 0) is 11.2 Å². The molecule has 2 rings (SSSR count). The van der Waals surface area contributed by atoms with E-state index in [1.807, 2.05) is 24.3 Å². The number of aryl methyl sites for hydroxylation is 1. The summed E-state index contributed by atoms with van der Waals surface area (Å²) in [7, 11) is 0. The first-order chi connectivity index (χ1) is 10.6. The van der Waals surface area contributed by atoms with Crippen molar-refractivity contribution in [3.8, 4) is 5.75 Å². The number of hydrogen-bond acceptors (Lipinski definition) is 3. The predicted molar refractivity (Wildman–Crippen MR) is 86.4 cm³/mol. The fourth-order valence-electron chi connectivity index (χ4n) is 1.97. The minimum Gasteiger partial charge on any atom is -0.484 e. The van der Waals surface area contributed by atoms with Crippen molar-refractivity contribution in [3.05, 3.63) is 59.7 Å². The Morgan fingerprint density at radius 2 is 1.82 bits per heavy atom. The van der Waals surface area contributed by atoms with E-state index in [1.54, 1.807) is 24.3 Å². The number of nitrogens with one attached hydrogen (secondary N) is 1. The maximum absolute atomic E-state index is 11.9. The second kappa shape index (κ2) is 7.41. The lowest BCUT2D eigenvalue weighted by Crippen LogP contribution is -2.20. The molecule has 1 N–H and O–H groups in total. The number of ether oxygens (including phenoxy) is 1. The lowest BCUT2D eigenvalue weighted by Gasteiger charge is -2.08. The maximum Gasteiger partial charge on any atom is 0.262 e. The summed E-state index contributed by atoms with van der Waals surface area (Å²) in [5.74, 6) is 0.229. The van der Waals surface area contributed by atoms with E-state index in [9.17, 15) is 9.59 Å². The normalized spacial score (nSPS) is 10.1. The van der Waals surface area contributed by atoms with E-state index in [0.717, 1.165) is 12.1 Å². The number of carbonyl (C=O) groups excluding carboxylic acids is 2. The molecule has 0 saturated carbocycles. The highest BCUT2D eigenvalue weighted by atomic mass is 16.5. The Balaban J connectivity index is 1.89. The van der Waals surface area contributed by atoms with Crippen LogP contribution in [0.25, 0.3) is 0 Å². The van der Waals surface area contributed by atoms with E-state index in [2.05, 4.69) is 12.2 Å². The van der Waals surface area contributed by atoms with Crippen molar-refractivity contribution >= 4 is 17.4 Å². The second-order valence-electron chi connectivity index (χ2n) is 4.97. The molecule has 0 fully saturated rings. The highest BCUT2D eigenvalue weighted by Crippen LogP contribution is 2.14. The number of hydrogen-bond donors (Lipinski definition) is 1. The molecular weight excluding hydrogens is 278 g/mol. The summed E-state index contributed by atoms with van der Waals surface area (Å²) in [5.41, 5.74) is 2.52. The van der Waals surface area contributed by atoms with Crippen LogP contribution in [0.15, 0.2) is 48.5 Å². The van der Waals surface area contributed by atoms with Gasteiger partial charge in [-0.05, 0) is 43.2 Å². The SMILES string of the molecule is CCc1ccc(NC(=O)COc2cccc(C(C)=O)c2)cc1. The third-order valence-corrected chi connectivity index (χ3v) is 3.26. The molecule has 114 valence electrons. The summed E-state index contributed by atoms with van der Waals surface area (Å²) in [4.78, 5) is 23.2. The zero-order valence-electron chi connectivity index (χ0n) is 12.8. The number of carbonyl (C=O) groups is 2. The van der Waals surface area contributed by atoms with Gasteiger partial charge in [0.1, 0.15) is 5.75 Å². The van der Waals surface area contributed by atoms with Crippen LogP contribution in [0.4, 0.5) is 5.69 Å². The molecule has 0 aliphatic rings. The fraction of sp³-hybridized carbons (Fsp3) is 0.222. The van der Waals surface area contributed by atoms with Gasteiger partial charge >= 0.3 is 0 Å². The van der Waals surface area contributed by atoms with Crippen LogP contribution in [0.2, 0.25) is 0 Å². The smallest absolute Gasteiger partial charge is 0.262 e.